The molecule has 0 saturated heterocycles. The van der Waals surface area contributed by atoms with Crippen LogP contribution in [0.1, 0.15) is 51.9 Å². The highest BCUT2D eigenvalue weighted by molar-refractivity contribution is 5.94. The van der Waals surface area contributed by atoms with Crippen LogP contribution in [0.5, 0.6) is 5.75 Å². The van der Waals surface area contributed by atoms with E-state index in [0.29, 0.717) is 29.9 Å². The SMILES string of the molecule is CC(=O)c1ccc(O[C@@H](C)C(=O)NCC[NH+](C(C)C)C(C)C)cc1. The maximum atomic E-state index is 12.1. The van der Waals surface area contributed by atoms with Crippen LogP contribution in [0.4, 0.5) is 0 Å². The number of amides is 1. The highest BCUT2D eigenvalue weighted by Gasteiger charge is 2.19. The number of quaternary nitrogens is 1. The molecule has 0 fully saturated rings. The predicted molar refractivity (Wildman–Crippen MR) is 95.6 cm³/mol. The summed E-state index contributed by atoms with van der Waals surface area (Å²) in [5, 5.41) is 2.93. The molecule has 2 N–H and O–H groups in total. The van der Waals surface area contributed by atoms with E-state index < -0.39 is 6.10 Å². The Morgan fingerprint density at radius 2 is 1.58 bits per heavy atom. The summed E-state index contributed by atoms with van der Waals surface area (Å²) in [6.45, 7) is 13.5. The van der Waals surface area contributed by atoms with Gasteiger partial charge in [-0.05, 0) is 65.8 Å². The number of ether oxygens (including phenoxy) is 1. The first-order chi connectivity index (χ1) is 11.2. The van der Waals surface area contributed by atoms with E-state index in [9.17, 15) is 9.59 Å². The van der Waals surface area contributed by atoms with Gasteiger partial charge in [0, 0.05) is 5.56 Å². The number of hydrogen-bond donors (Lipinski definition) is 2. The van der Waals surface area contributed by atoms with Crippen LogP contribution >= 0.6 is 0 Å². The number of ketones is 1. The fourth-order valence-corrected chi connectivity index (χ4v) is 2.74. The van der Waals surface area contributed by atoms with E-state index in [0.717, 1.165) is 6.54 Å². The van der Waals surface area contributed by atoms with Gasteiger partial charge < -0.3 is 15.0 Å². The maximum Gasteiger partial charge on any atom is 0.260 e. The third kappa shape index (κ3) is 6.32. The van der Waals surface area contributed by atoms with Gasteiger partial charge in [0.05, 0.1) is 25.2 Å². The number of rotatable bonds is 9. The molecule has 5 nitrogen and oxygen atoms in total. The minimum atomic E-state index is -0.574. The van der Waals surface area contributed by atoms with Crippen LogP contribution in [-0.2, 0) is 4.79 Å². The Morgan fingerprint density at radius 1 is 1.04 bits per heavy atom. The molecule has 5 heteroatoms. The number of carbonyl (C=O) groups excluding carboxylic acids is 2. The van der Waals surface area contributed by atoms with E-state index in [1.807, 2.05) is 0 Å². The summed E-state index contributed by atoms with van der Waals surface area (Å²) in [5.41, 5.74) is 0.630. The Balaban J connectivity index is 2.46. The minimum Gasteiger partial charge on any atom is -0.481 e. The van der Waals surface area contributed by atoms with E-state index in [4.69, 9.17) is 4.74 Å². The van der Waals surface area contributed by atoms with Crippen molar-refractivity contribution in [3.63, 3.8) is 0 Å². The van der Waals surface area contributed by atoms with E-state index in [2.05, 4.69) is 33.0 Å². The van der Waals surface area contributed by atoms with Crippen LogP contribution in [0.25, 0.3) is 0 Å². The summed E-state index contributed by atoms with van der Waals surface area (Å²) in [6, 6.07) is 7.88. The molecule has 0 aliphatic heterocycles. The summed E-state index contributed by atoms with van der Waals surface area (Å²) in [7, 11) is 0. The second-order valence-electron chi connectivity index (χ2n) is 6.77. The lowest BCUT2D eigenvalue weighted by Crippen LogP contribution is -3.18. The van der Waals surface area contributed by atoms with Gasteiger partial charge in [-0.1, -0.05) is 0 Å². The molecule has 0 saturated carbocycles. The predicted octanol–water partition coefficient (Wildman–Crippen LogP) is 1.47. The minimum absolute atomic E-state index is 0.00898. The second-order valence-corrected chi connectivity index (χ2v) is 6.77. The smallest absolute Gasteiger partial charge is 0.260 e. The van der Waals surface area contributed by atoms with Crippen molar-refractivity contribution in [2.24, 2.45) is 0 Å². The largest absolute Gasteiger partial charge is 0.481 e. The first kappa shape index (κ1) is 20.2. The standard InChI is InChI=1S/C19H30N2O3/c1-13(2)21(14(3)4)12-11-20-19(23)16(6)24-18-9-7-17(8-10-18)15(5)22/h7-10,13-14,16H,11-12H2,1-6H3,(H,20,23)/p+1/t16-/m0/s1. The van der Waals surface area contributed by atoms with Crippen LogP contribution in [-0.4, -0.2) is 43.0 Å². The van der Waals surface area contributed by atoms with Crippen molar-refractivity contribution in [3.05, 3.63) is 29.8 Å². The molecule has 0 spiro atoms. The molecular weight excluding hydrogens is 304 g/mol. The molecule has 1 atom stereocenters. The lowest BCUT2D eigenvalue weighted by Gasteiger charge is -2.27. The Morgan fingerprint density at radius 3 is 2.04 bits per heavy atom. The second kappa shape index (κ2) is 9.42. The van der Waals surface area contributed by atoms with Crippen LogP contribution < -0.4 is 15.0 Å². The topological polar surface area (TPSA) is 59.8 Å². The van der Waals surface area contributed by atoms with Crippen LogP contribution in [0.15, 0.2) is 24.3 Å². The molecule has 0 heterocycles. The number of nitrogens with one attached hydrogen (secondary N) is 2. The molecule has 0 bridgehead atoms. The molecule has 1 rings (SSSR count). The fourth-order valence-electron chi connectivity index (χ4n) is 2.74. The van der Waals surface area contributed by atoms with Crippen molar-refractivity contribution in [2.45, 2.75) is 59.7 Å². The lowest BCUT2D eigenvalue weighted by atomic mass is 10.1. The van der Waals surface area contributed by atoms with E-state index in [1.165, 1.54) is 11.8 Å². The van der Waals surface area contributed by atoms with Gasteiger partial charge in [0.2, 0.25) is 0 Å². The van der Waals surface area contributed by atoms with Gasteiger partial charge in [-0.15, -0.1) is 0 Å². The molecular formula is C19H31N2O3+. The summed E-state index contributed by atoms with van der Waals surface area (Å²) in [5.74, 6) is 0.464. The van der Waals surface area contributed by atoms with Gasteiger partial charge in [0.1, 0.15) is 5.75 Å². The molecule has 1 aromatic carbocycles. The van der Waals surface area contributed by atoms with Gasteiger partial charge in [-0.3, -0.25) is 9.59 Å². The van der Waals surface area contributed by atoms with Crippen LogP contribution in [0, 0.1) is 0 Å². The molecule has 1 aromatic rings. The van der Waals surface area contributed by atoms with Crippen molar-refractivity contribution in [1.29, 1.82) is 0 Å². The van der Waals surface area contributed by atoms with Gasteiger partial charge in [0.25, 0.3) is 5.91 Å². The zero-order valence-electron chi connectivity index (χ0n) is 15.7. The number of benzene rings is 1. The highest BCUT2D eigenvalue weighted by atomic mass is 16.5. The van der Waals surface area contributed by atoms with Crippen molar-refractivity contribution in [3.8, 4) is 5.75 Å². The van der Waals surface area contributed by atoms with Crippen molar-refractivity contribution in [2.75, 3.05) is 13.1 Å². The summed E-state index contributed by atoms with van der Waals surface area (Å²) in [6.07, 6.45) is -0.574. The summed E-state index contributed by atoms with van der Waals surface area (Å²) < 4.78 is 5.63. The molecule has 0 radical (unpaired) electrons. The average Bonchev–Trinajstić information content (AvgIpc) is 2.50. The Hall–Kier alpha value is -1.88. The highest BCUT2D eigenvalue weighted by Crippen LogP contribution is 2.14. The molecule has 1 amide bonds. The summed E-state index contributed by atoms with van der Waals surface area (Å²) >= 11 is 0. The monoisotopic (exact) mass is 335 g/mol. The van der Waals surface area contributed by atoms with E-state index in [1.54, 1.807) is 31.2 Å². The Bertz CT molecular complexity index is 530. The quantitative estimate of drug-likeness (QED) is 0.672. The fraction of sp³-hybridized carbons (Fsp3) is 0.579. The normalized spacial score (nSPS) is 12.5. The lowest BCUT2D eigenvalue weighted by molar-refractivity contribution is -0.941. The summed E-state index contributed by atoms with van der Waals surface area (Å²) in [4.78, 5) is 24.9. The van der Waals surface area contributed by atoms with Crippen LogP contribution in [0.2, 0.25) is 0 Å². The first-order valence-corrected chi connectivity index (χ1v) is 8.63. The van der Waals surface area contributed by atoms with E-state index >= 15 is 0 Å². The number of hydrogen-bond acceptors (Lipinski definition) is 3. The third-order valence-corrected chi connectivity index (χ3v) is 4.14. The van der Waals surface area contributed by atoms with Crippen molar-refractivity contribution >= 4 is 11.7 Å². The van der Waals surface area contributed by atoms with Gasteiger partial charge >= 0.3 is 0 Å². The third-order valence-electron chi connectivity index (χ3n) is 4.14. The number of Topliss-reactive ketones (excluding diaryl/α,β-unsaturated/α-hetero) is 1. The van der Waals surface area contributed by atoms with Crippen molar-refractivity contribution < 1.29 is 19.2 Å². The maximum absolute atomic E-state index is 12.1. The van der Waals surface area contributed by atoms with Gasteiger partial charge in [0.15, 0.2) is 11.9 Å². The first-order valence-electron chi connectivity index (χ1n) is 8.63. The average molecular weight is 335 g/mol. The Labute approximate surface area is 145 Å². The zero-order valence-corrected chi connectivity index (χ0v) is 15.7. The van der Waals surface area contributed by atoms with Gasteiger partial charge in [-0.2, -0.15) is 0 Å². The number of carbonyl (C=O) groups is 2. The van der Waals surface area contributed by atoms with Crippen LogP contribution in [0.3, 0.4) is 0 Å². The van der Waals surface area contributed by atoms with Gasteiger partial charge in [-0.25, -0.2) is 0 Å². The zero-order chi connectivity index (χ0) is 18.3. The van der Waals surface area contributed by atoms with Crippen molar-refractivity contribution in [1.82, 2.24) is 5.32 Å². The molecule has 24 heavy (non-hydrogen) atoms. The Kier molecular flexibility index (Phi) is 7.92. The molecule has 0 aliphatic rings. The molecule has 0 aliphatic carbocycles. The molecule has 0 aromatic heterocycles. The molecule has 0 unspecified atom stereocenters. The molecule has 134 valence electrons. The van der Waals surface area contributed by atoms with E-state index in [-0.39, 0.29) is 11.7 Å².